The molecule has 0 spiro atoms. The molecule has 2 heteroatoms. The number of nitrogens with two attached hydrogens (primary N) is 1. The molecule has 1 fully saturated rings. The third kappa shape index (κ3) is 4.46. The summed E-state index contributed by atoms with van der Waals surface area (Å²) in [5.41, 5.74) is 6.56. The summed E-state index contributed by atoms with van der Waals surface area (Å²) in [6.07, 6.45) is 8.00. The smallest absolute Gasteiger partial charge is 0.0331 e. The zero-order valence-corrected chi connectivity index (χ0v) is 14.6. The van der Waals surface area contributed by atoms with Crippen LogP contribution < -0.4 is 5.73 Å². The highest BCUT2D eigenvalue weighted by Crippen LogP contribution is 2.37. The SMILES string of the molecule is CCC(C)CN(CC)C1(CN)CCCC(C(C)C)CC1. The van der Waals surface area contributed by atoms with Gasteiger partial charge in [0.25, 0.3) is 0 Å². The molecule has 1 aliphatic rings. The van der Waals surface area contributed by atoms with Gasteiger partial charge in [0, 0.05) is 18.6 Å². The summed E-state index contributed by atoms with van der Waals surface area (Å²) in [7, 11) is 0. The van der Waals surface area contributed by atoms with E-state index in [0.29, 0.717) is 0 Å². The van der Waals surface area contributed by atoms with E-state index in [1.807, 2.05) is 0 Å². The maximum absolute atomic E-state index is 6.28. The van der Waals surface area contributed by atoms with E-state index in [1.54, 1.807) is 0 Å². The first-order valence-corrected chi connectivity index (χ1v) is 8.94. The predicted octanol–water partition coefficient (Wildman–Crippen LogP) is 4.29. The second-order valence-electron chi connectivity index (χ2n) is 7.42. The Morgan fingerprint density at radius 2 is 1.85 bits per heavy atom. The number of hydrogen-bond donors (Lipinski definition) is 1. The average Bonchev–Trinajstić information content (AvgIpc) is 2.67. The number of rotatable bonds is 7. The Kier molecular flexibility index (Phi) is 7.53. The highest BCUT2D eigenvalue weighted by Gasteiger charge is 2.37. The molecule has 0 bridgehead atoms. The van der Waals surface area contributed by atoms with Crippen molar-refractivity contribution in [1.29, 1.82) is 0 Å². The monoisotopic (exact) mass is 282 g/mol. The Balaban J connectivity index is 2.78. The normalized spacial score (nSPS) is 29.7. The first-order valence-electron chi connectivity index (χ1n) is 8.94. The fourth-order valence-corrected chi connectivity index (χ4v) is 3.90. The van der Waals surface area contributed by atoms with Crippen LogP contribution in [-0.2, 0) is 0 Å². The molecule has 2 N–H and O–H groups in total. The Bertz CT molecular complexity index is 264. The van der Waals surface area contributed by atoms with Crippen LogP contribution in [0.1, 0.15) is 73.1 Å². The van der Waals surface area contributed by atoms with Crippen LogP contribution in [0.25, 0.3) is 0 Å². The third-order valence-corrected chi connectivity index (χ3v) is 5.80. The topological polar surface area (TPSA) is 29.3 Å². The molecule has 3 unspecified atom stereocenters. The summed E-state index contributed by atoms with van der Waals surface area (Å²) < 4.78 is 0. The van der Waals surface area contributed by atoms with Crippen LogP contribution in [0.15, 0.2) is 0 Å². The largest absolute Gasteiger partial charge is 0.329 e. The molecule has 0 saturated heterocycles. The van der Waals surface area contributed by atoms with Crippen molar-refractivity contribution in [2.24, 2.45) is 23.5 Å². The lowest BCUT2D eigenvalue weighted by atomic mass is 9.85. The van der Waals surface area contributed by atoms with Gasteiger partial charge in [-0.15, -0.1) is 0 Å². The molecule has 20 heavy (non-hydrogen) atoms. The van der Waals surface area contributed by atoms with Crippen molar-refractivity contribution < 1.29 is 0 Å². The van der Waals surface area contributed by atoms with Gasteiger partial charge in [-0.2, -0.15) is 0 Å². The van der Waals surface area contributed by atoms with Crippen molar-refractivity contribution in [3.05, 3.63) is 0 Å². The molecule has 1 aliphatic carbocycles. The minimum atomic E-state index is 0.280. The fourth-order valence-electron chi connectivity index (χ4n) is 3.90. The maximum Gasteiger partial charge on any atom is 0.0331 e. The molecule has 0 amide bonds. The summed E-state index contributed by atoms with van der Waals surface area (Å²) in [6, 6.07) is 0. The van der Waals surface area contributed by atoms with Gasteiger partial charge in [0.15, 0.2) is 0 Å². The summed E-state index contributed by atoms with van der Waals surface area (Å²) in [5.74, 6) is 2.52. The van der Waals surface area contributed by atoms with Gasteiger partial charge in [0.05, 0.1) is 0 Å². The number of likely N-dealkylation sites (N-methyl/N-ethyl adjacent to an activating group) is 1. The van der Waals surface area contributed by atoms with E-state index in [1.165, 1.54) is 45.1 Å². The summed E-state index contributed by atoms with van der Waals surface area (Å²) in [5, 5.41) is 0. The van der Waals surface area contributed by atoms with Crippen molar-refractivity contribution >= 4 is 0 Å². The van der Waals surface area contributed by atoms with Crippen LogP contribution in [0.3, 0.4) is 0 Å². The van der Waals surface area contributed by atoms with Gasteiger partial charge in [-0.25, -0.2) is 0 Å². The highest BCUT2D eigenvalue weighted by molar-refractivity contribution is 4.94. The molecule has 0 aromatic rings. The van der Waals surface area contributed by atoms with Crippen molar-refractivity contribution in [3.63, 3.8) is 0 Å². The van der Waals surface area contributed by atoms with Crippen molar-refractivity contribution in [3.8, 4) is 0 Å². The maximum atomic E-state index is 6.28. The quantitative estimate of drug-likeness (QED) is 0.706. The van der Waals surface area contributed by atoms with Gasteiger partial charge in [0.1, 0.15) is 0 Å². The van der Waals surface area contributed by atoms with Crippen LogP contribution in [0.2, 0.25) is 0 Å². The molecule has 0 heterocycles. The van der Waals surface area contributed by atoms with Gasteiger partial charge in [-0.1, -0.05) is 53.9 Å². The lowest BCUT2D eigenvalue weighted by Gasteiger charge is -2.44. The molecule has 2 nitrogen and oxygen atoms in total. The van der Waals surface area contributed by atoms with E-state index in [2.05, 4.69) is 39.5 Å². The minimum Gasteiger partial charge on any atom is -0.329 e. The van der Waals surface area contributed by atoms with Crippen LogP contribution in [0, 0.1) is 17.8 Å². The molecule has 0 aromatic heterocycles. The predicted molar refractivity (Wildman–Crippen MR) is 89.9 cm³/mol. The lowest BCUT2D eigenvalue weighted by Crippen LogP contribution is -2.54. The van der Waals surface area contributed by atoms with E-state index in [9.17, 15) is 0 Å². The molecular weight excluding hydrogens is 244 g/mol. The minimum absolute atomic E-state index is 0.280. The molecule has 0 aromatic carbocycles. The average molecular weight is 283 g/mol. The molecule has 0 radical (unpaired) electrons. The van der Waals surface area contributed by atoms with Crippen LogP contribution in [0.4, 0.5) is 0 Å². The first kappa shape index (κ1) is 18.0. The number of hydrogen-bond acceptors (Lipinski definition) is 2. The molecule has 1 rings (SSSR count). The summed E-state index contributed by atoms with van der Waals surface area (Å²) >= 11 is 0. The van der Waals surface area contributed by atoms with Crippen LogP contribution in [-0.4, -0.2) is 30.1 Å². The second kappa shape index (κ2) is 8.38. The fraction of sp³-hybridized carbons (Fsp3) is 1.00. The van der Waals surface area contributed by atoms with Gasteiger partial charge < -0.3 is 5.73 Å². The standard InChI is InChI=1S/C18H38N2/c1-6-16(5)13-20(7-2)18(14-19)11-8-9-17(10-12-18)15(3)4/h15-17H,6-14,19H2,1-5H3. The van der Waals surface area contributed by atoms with Gasteiger partial charge in [-0.05, 0) is 43.6 Å². The Morgan fingerprint density at radius 1 is 1.15 bits per heavy atom. The molecule has 0 aliphatic heterocycles. The van der Waals surface area contributed by atoms with Crippen molar-refractivity contribution in [2.45, 2.75) is 78.7 Å². The zero-order valence-electron chi connectivity index (χ0n) is 14.6. The van der Waals surface area contributed by atoms with E-state index in [4.69, 9.17) is 5.73 Å². The zero-order chi connectivity index (χ0) is 15.2. The lowest BCUT2D eigenvalue weighted by molar-refractivity contribution is 0.0667. The summed E-state index contributed by atoms with van der Waals surface area (Å²) in [4.78, 5) is 2.71. The third-order valence-electron chi connectivity index (χ3n) is 5.80. The Labute approximate surface area is 127 Å². The Hall–Kier alpha value is -0.0800. The van der Waals surface area contributed by atoms with E-state index < -0.39 is 0 Å². The van der Waals surface area contributed by atoms with Crippen LogP contribution >= 0.6 is 0 Å². The van der Waals surface area contributed by atoms with Crippen molar-refractivity contribution in [2.75, 3.05) is 19.6 Å². The van der Waals surface area contributed by atoms with E-state index in [0.717, 1.165) is 30.8 Å². The van der Waals surface area contributed by atoms with E-state index in [-0.39, 0.29) is 5.54 Å². The second-order valence-corrected chi connectivity index (χ2v) is 7.42. The van der Waals surface area contributed by atoms with Gasteiger partial charge in [0.2, 0.25) is 0 Å². The van der Waals surface area contributed by atoms with E-state index >= 15 is 0 Å². The summed E-state index contributed by atoms with van der Waals surface area (Å²) in [6.45, 7) is 15.0. The molecule has 120 valence electrons. The van der Waals surface area contributed by atoms with Gasteiger partial charge in [-0.3, -0.25) is 4.90 Å². The molecule has 3 atom stereocenters. The van der Waals surface area contributed by atoms with Crippen molar-refractivity contribution in [1.82, 2.24) is 4.90 Å². The molecule has 1 saturated carbocycles. The van der Waals surface area contributed by atoms with Crippen LogP contribution in [0.5, 0.6) is 0 Å². The number of nitrogens with zero attached hydrogens (tertiary/aromatic N) is 1. The first-order chi connectivity index (χ1) is 9.49. The highest BCUT2D eigenvalue weighted by atomic mass is 15.2. The van der Waals surface area contributed by atoms with Gasteiger partial charge >= 0.3 is 0 Å². The Morgan fingerprint density at radius 3 is 2.35 bits per heavy atom. The molecular formula is C18H38N2.